The van der Waals surface area contributed by atoms with Gasteiger partial charge in [-0.05, 0) is 31.2 Å². The predicted octanol–water partition coefficient (Wildman–Crippen LogP) is 2.00. The molecule has 2 fully saturated rings. The Balaban J connectivity index is 0.00000169. The van der Waals surface area contributed by atoms with Crippen LogP contribution in [0.3, 0.4) is 0 Å². The fourth-order valence-electron chi connectivity index (χ4n) is 3.48. The molecule has 0 saturated carbocycles. The molecule has 5 nitrogen and oxygen atoms in total. The summed E-state index contributed by atoms with van der Waals surface area (Å²) < 4.78 is 13.0. The molecule has 1 amide bonds. The van der Waals surface area contributed by atoms with Gasteiger partial charge in [0, 0.05) is 70.5 Å². The highest BCUT2D eigenvalue weighted by Gasteiger charge is 2.23. The van der Waals surface area contributed by atoms with E-state index in [0.29, 0.717) is 12.5 Å². The van der Waals surface area contributed by atoms with Gasteiger partial charge in [0.1, 0.15) is 5.82 Å². The number of amides is 1. The van der Waals surface area contributed by atoms with Gasteiger partial charge in [-0.3, -0.25) is 9.69 Å². The van der Waals surface area contributed by atoms with Crippen molar-refractivity contribution in [1.29, 1.82) is 0 Å². The van der Waals surface area contributed by atoms with Crippen LogP contribution in [0.5, 0.6) is 0 Å². The lowest BCUT2D eigenvalue weighted by Crippen LogP contribution is -2.52. The van der Waals surface area contributed by atoms with Crippen molar-refractivity contribution in [3.63, 3.8) is 0 Å². The summed E-state index contributed by atoms with van der Waals surface area (Å²) in [6.07, 6.45) is 0.598. The molecule has 0 aliphatic carbocycles. The van der Waals surface area contributed by atoms with Crippen molar-refractivity contribution in [3.8, 4) is 0 Å². The lowest BCUT2D eigenvalue weighted by Gasteiger charge is -2.37. The molecule has 1 aromatic rings. The average molecular weight is 407 g/mol. The molecule has 0 aromatic heterocycles. The number of anilines is 1. The van der Waals surface area contributed by atoms with Crippen LogP contribution in [0.2, 0.25) is 0 Å². The molecule has 2 aliphatic rings. The summed E-state index contributed by atoms with van der Waals surface area (Å²) in [7, 11) is 0. The van der Waals surface area contributed by atoms with E-state index >= 15 is 0 Å². The Bertz CT molecular complexity index is 553. The summed E-state index contributed by atoms with van der Waals surface area (Å²) in [6.45, 7) is 9.19. The number of hydrogen-bond donors (Lipinski definition) is 1. The monoisotopic (exact) mass is 406 g/mol. The summed E-state index contributed by atoms with van der Waals surface area (Å²) in [5.74, 6) is 0.0363. The van der Waals surface area contributed by atoms with Crippen LogP contribution in [0.15, 0.2) is 24.3 Å². The van der Waals surface area contributed by atoms with Crippen LogP contribution in [0.1, 0.15) is 13.3 Å². The molecule has 3 rings (SSSR count). The maximum absolute atomic E-state index is 13.0. The minimum Gasteiger partial charge on any atom is -0.368 e. The van der Waals surface area contributed by atoms with Crippen molar-refractivity contribution in [1.82, 2.24) is 15.1 Å². The van der Waals surface area contributed by atoms with Crippen molar-refractivity contribution in [2.45, 2.75) is 19.4 Å². The number of piperazine rings is 2. The van der Waals surface area contributed by atoms with E-state index < -0.39 is 0 Å². The van der Waals surface area contributed by atoms with Gasteiger partial charge in [0.25, 0.3) is 0 Å². The van der Waals surface area contributed by atoms with Gasteiger partial charge in [-0.2, -0.15) is 0 Å². The lowest BCUT2D eigenvalue weighted by molar-refractivity contribution is -0.132. The molecular weight excluding hydrogens is 378 g/mol. The first-order valence-corrected chi connectivity index (χ1v) is 8.86. The van der Waals surface area contributed by atoms with Crippen molar-refractivity contribution in [2.75, 3.05) is 57.3 Å². The molecule has 8 heteroatoms. The molecule has 148 valence electrons. The molecule has 0 radical (unpaired) electrons. The minimum absolute atomic E-state index is 0. The van der Waals surface area contributed by atoms with E-state index in [-0.39, 0.29) is 36.5 Å². The molecule has 0 bridgehead atoms. The number of hydrogen-bond acceptors (Lipinski definition) is 4. The normalized spacial score (nSPS) is 20.9. The Hall–Kier alpha value is -1.08. The lowest BCUT2D eigenvalue weighted by atomic mass is 10.2. The predicted molar refractivity (Wildman–Crippen MR) is 108 cm³/mol. The first-order valence-electron chi connectivity index (χ1n) is 8.86. The highest BCUT2D eigenvalue weighted by molar-refractivity contribution is 5.85. The summed E-state index contributed by atoms with van der Waals surface area (Å²) in [5, 5.41) is 3.37. The number of rotatable bonds is 4. The molecule has 26 heavy (non-hydrogen) atoms. The highest BCUT2D eigenvalue weighted by Crippen LogP contribution is 2.17. The molecule has 2 saturated heterocycles. The van der Waals surface area contributed by atoms with Crippen LogP contribution in [0, 0.1) is 5.82 Å². The summed E-state index contributed by atoms with van der Waals surface area (Å²) in [6, 6.07) is 7.09. The topological polar surface area (TPSA) is 38.8 Å². The van der Waals surface area contributed by atoms with E-state index in [4.69, 9.17) is 0 Å². The van der Waals surface area contributed by atoms with E-state index in [1.54, 1.807) is 12.1 Å². The number of benzene rings is 1. The fraction of sp³-hybridized carbons (Fsp3) is 0.611. The largest absolute Gasteiger partial charge is 0.368 e. The maximum Gasteiger partial charge on any atom is 0.223 e. The zero-order valence-electron chi connectivity index (χ0n) is 15.2. The fourth-order valence-corrected chi connectivity index (χ4v) is 3.48. The van der Waals surface area contributed by atoms with Crippen molar-refractivity contribution >= 4 is 36.4 Å². The van der Waals surface area contributed by atoms with Gasteiger partial charge in [0.05, 0.1) is 0 Å². The van der Waals surface area contributed by atoms with Gasteiger partial charge < -0.3 is 15.1 Å². The van der Waals surface area contributed by atoms with Crippen LogP contribution < -0.4 is 10.2 Å². The third-order valence-electron chi connectivity index (χ3n) is 5.08. The van der Waals surface area contributed by atoms with Gasteiger partial charge in [-0.25, -0.2) is 4.39 Å². The molecule has 1 atom stereocenters. The molecule has 0 unspecified atom stereocenters. The van der Waals surface area contributed by atoms with Gasteiger partial charge in [0.2, 0.25) is 5.91 Å². The standard InChI is InChI=1S/C18H27FN4O.2ClH/c1-15-14-20-7-9-21(15)8-6-18(24)23-12-10-22(11-13-23)17-4-2-16(19)3-5-17;;/h2-5,15,20H,6-14H2,1H3;2*1H/t15-;;/m0../s1. The van der Waals surface area contributed by atoms with Crippen LogP contribution in [0.4, 0.5) is 10.1 Å². The van der Waals surface area contributed by atoms with Crippen LogP contribution in [0.25, 0.3) is 0 Å². The third kappa shape index (κ3) is 5.98. The summed E-state index contributed by atoms with van der Waals surface area (Å²) >= 11 is 0. The molecular formula is C18H29Cl2FN4O. The molecule has 2 aliphatic heterocycles. The maximum atomic E-state index is 13.0. The molecule has 0 spiro atoms. The number of nitrogens with zero attached hydrogens (tertiary/aromatic N) is 3. The van der Waals surface area contributed by atoms with Crippen molar-refractivity contribution in [3.05, 3.63) is 30.1 Å². The summed E-state index contributed by atoms with van der Waals surface area (Å²) in [4.78, 5) is 19.0. The molecule has 1 N–H and O–H groups in total. The zero-order valence-corrected chi connectivity index (χ0v) is 16.8. The van der Waals surface area contributed by atoms with Crippen LogP contribution in [-0.4, -0.2) is 74.1 Å². The average Bonchev–Trinajstić information content (AvgIpc) is 2.62. The smallest absolute Gasteiger partial charge is 0.223 e. The SMILES string of the molecule is C[C@H]1CNCCN1CCC(=O)N1CCN(c2ccc(F)cc2)CC1.Cl.Cl. The van der Waals surface area contributed by atoms with E-state index in [2.05, 4.69) is 22.0 Å². The van der Waals surface area contributed by atoms with Gasteiger partial charge >= 0.3 is 0 Å². The molecule has 1 aromatic carbocycles. The van der Waals surface area contributed by atoms with E-state index in [1.807, 2.05) is 4.90 Å². The Kier molecular flexibility index (Phi) is 9.64. The number of nitrogens with one attached hydrogen (secondary N) is 1. The number of carbonyl (C=O) groups excluding carboxylic acids is 1. The van der Waals surface area contributed by atoms with E-state index in [1.165, 1.54) is 12.1 Å². The number of halogens is 3. The summed E-state index contributed by atoms with van der Waals surface area (Å²) in [5.41, 5.74) is 1.03. The third-order valence-corrected chi connectivity index (χ3v) is 5.08. The Labute approximate surface area is 167 Å². The van der Waals surface area contributed by atoms with Crippen LogP contribution in [-0.2, 0) is 4.79 Å². The minimum atomic E-state index is -0.213. The van der Waals surface area contributed by atoms with Gasteiger partial charge in [-0.1, -0.05) is 0 Å². The highest BCUT2D eigenvalue weighted by atomic mass is 35.5. The van der Waals surface area contributed by atoms with E-state index in [9.17, 15) is 9.18 Å². The van der Waals surface area contributed by atoms with Gasteiger partial charge in [-0.15, -0.1) is 24.8 Å². The molecule has 2 heterocycles. The Morgan fingerprint density at radius 3 is 2.38 bits per heavy atom. The van der Waals surface area contributed by atoms with Gasteiger partial charge in [0.15, 0.2) is 0 Å². The first kappa shape index (κ1) is 23.0. The second-order valence-corrected chi connectivity index (χ2v) is 6.68. The van der Waals surface area contributed by atoms with E-state index in [0.717, 1.165) is 58.0 Å². The second kappa shape index (κ2) is 10.9. The van der Waals surface area contributed by atoms with Crippen molar-refractivity contribution in [2.24, 2.45) is 0 Å². The Morgan fingerprint density at radius 2 is 1.77 bits per heavy atom. The zero-order chi connectivity index (χ0) is 16.9. The Morgan fingerprint density at radius 1 is 1.12 bits per heavy atom. The first-order chi connectivity index (χ1) is 11.6. The quantitative estimate of drug-likeness (QED) is 0.829. The number of carbonyl (C=O) groups is 1. The van der Waals surface area contributed by atoms with Crippen LogP contribution >= 0.6 is 24.8 Å². The second-order valence-electron chi connectivity index (χ2n) is 6.68. The van der Waals surface area contributed by atoms with Crippen molar-refractivity contribution < 1.29 is 9.18 Å².